The van der Waals surface area contributed by atoms with Crippen molar-refractivity contribution in [3.05, 3.63) is 16.1 Å². The van der Waals surface area contributed by atoms with Crippen LogP contribution in [0, 0.1) is 0 Å². The van der Waals surface area contributed by atoms with Gasteiger partial charge in [-0.3, -0.25) is 9.59 Å². The van der Waals surface area contributed by atoms with E-state index in [0.717, 1.165) is 16.3 Å². The van der Waals surface area contributed by atoms with Crippen LogP contribution in [-0.2, 0) is 16.0 Å². The highest BCUT2D eigenvalue weighted by atomic mass is 32.1. The number of amides is 1. The first-order valence-corrected chi connectivity index (χ1v) is 6.48. The van der Waals surface area contributed by atoms with Crippen molar-refractivity contribution in [3.8, 4) is 0 Å². The van der Waals surface area contributed by atoms with E-state index in [2.05, 4.69) is 10.3 Å². The van der Waals surface area contributed by atoms with Crippen molar-refractivity contribution < 1.29 is 14.7 Å². The van der Waals surface area contributed by atoms with E-state index >= 15 is 0 Å². The molecule has 0 radical (unpaired) electrons. The normalized spacial score (nSPS) is 13.9. The summed E-state index contributed by atoms with van der Waals surface area (Å²) in [7, 11) is 0. The van der Waals surface area contributed by atoms with Crippen molar-refractivity contribution in [1.82, 2.24) is 10.3 Å². The summed E-state index contributed by atoms with van der Waals surface area (Å²) in [4.78, 5) is 27.4. The second-order valence-corrected chi connectivity index (χ2v) is 5.10. The number of carbonyl (C=O) groups excluding carboxylic acids is 1. The van der Waals surface area contributed by atoms with Gasteiger partial charge in [-0.2, -0.15) is 0 Å². The van der Waals surface area contributed by atoms with E-state index < -0.39 is 17.9 Å². The van der Waals surface area contributed by atoms with E-state index in [9.17, 15) is 9.59 Å². The minimum Gasteiger partial charge on any atom is -0.481 e. The first-order valence-electron chi connectivity index (χ1n) is 5.66. The van der Waals surface area contributed by atoms with Crippen molar-refractivity contribution in [1.29, 1.82) is 0 Å². The van der Waals surface area contributed by atoms with E-state index in [-0.39, 0.29) is 12.5 Å². The van der Waals surface area contributed by atoms with Crippen molar-refractivity contribution >= 4 is 23.2 Å². The number of nitrogens with zero attached hydrogens (tertiary/aromatic N) is 1. The Morgan fingerprint density at radius 1 is 1.61 bits per heavy atom. The van der Waals surface area contributed by atoms with Crippen LogP contribution in [0.15, 0.2) is 6.20 Å². The molecular weight excluding hydrogens is 254 g/mol. The van der Waals surface area contributed by atoms with Gasteiger partial charge < -0.3 is 16.2 Å². The fourth-order valence-electron chi connectivity index (χ4n) is 1.35. The number of carboxylic acids is 1. The number of carbonyl (C=O) groups is 2. The quantitative estimate of drug-likeness (QED) is 0.705. The fourth-order valence-corrected chi connectivity index (χ4v) is 2.21. The average Bonchev–Trinajstić information content (AvgIpc) is 2.76. The molecule has 1 amide bonds. The maximum absolute atomic E-state index is 11.6. The number of nitrogens with two attached hydrogens (primary N) is 1. The summed E-state index contributed by atoms with van der Waals surface area (Å²) < 4.78 is 0. The molecule has 0 fully saturated rings. The predicted octanol–water partition coefficient (Wildman–Crippen LogP) is 0.685. The smallest absolute Gasteiger partial charge is 0.305 e. The first-order chi connectivity index (χ1) is 8.43. The van der Waals surface area contributed by atoms with Gasteiger partial charge in [-0.15, -0.1) is 11.3 Å². The Hall–Kier alpha value is -1.47. The molecule has 0 saturated carbocycles. The van der Waals surface area contributed by atoms with Crippen LogP contribution in [0.2, 0.25) is 0 Å². The lowest BCUT2D eigenvalue weighted by Crippen LogP contribution is -2.42. The second-order valence-electron chi connectivity index (χ2n) is 3.95. The molecular formula is C11H17N3O3S. The summed E-state index contributed by atoms with van der Waals surface area (Å²) in [6.07, 6.45) is 2.30. The molecule has 0 aliphatic carbocycles. The van der Waals surface area contributed by atoms with Gasteiger partial charge in [-0.05, 0) is 13.3 Å². The molecule has 6 nitrogen and oxygen atoms in total. The lowest BCUT2D eigenvalue weighted by atomic mass is 10.2. The number of hydrogen-bond donors (Lipinski definition) is 3. The zero-order chi connectivity index (χ0) is 13.7. The molecule has 0 spiro atoms. The zero-order valence-electron chi connectivity index (χ0n) is 10.3. The number of hydrogen-bond acceptors (Lipinski definition) is 5. The highest BCUT2D eigenvalue weighted by Crippen LogP contribution is 2.20. The molecule has 7 heteroatoms. The molecule has 100 valence electrons. The van der Waals surface area contributed by atoms with Gasteiger partial charge in [-0.1, -0.05) is 6.92 Å². The number of aliphatic carboxylic acids is 1. The first kappa shape index (κ1) is 14.6. The minimum atomic E-state index is -1.09. The van der Waals surface area contributed by atoms with Crippen LogP contribution in [0.3, 0.4) is 0 Å². The number of rotatable bonds is 6. The maximum atomic E-state index is 11.6. The van der Waals surface area contributed by atoms with Gasteiger partial charge in [0.05, 0.1) is 18.5 Å². The van der Waals surface area contributed by atoms with Crippen LogP contribution < -0.4 is 11.1 Å². The molecule has 18 heavy (non-hydrogen) atoms. The summed E-state index contributed by atoms with van der Waals surface area (Å²) in [6, 6.07) is -1.29. The monoisotopic (exact) mass is 271 g/mol. The van der Waals surface area contributed by atoms with Gasteiger partial charge in [0.1, 0.15) is 5.01 Å². The standard InChI is InChI=1S/C11H17N3O3S/c1-3-7-5-13-11(18-7)6(2)14-10(17)8(12)4-9(15)16/h5-6,8H,3-4,12H2,1-2H3,(H,14,17)(H,15,16). The van der Waals surface area contributed by atoms with Crippen LogP contribution in [-0.4, -0.2) is 28.0 Å². The lowest BCUT2D eigenvalue weighted by Gasteiger charge is -2.14. The molecule has 2 atom stereocenters. The SMILES string of the molecule is CCc1cnc(C(C)NC(=O)C(N)CC(=O)O)s1. The van der Waals surface area contributed by atoms with E-state index in [0.29, 0.717) is 0 Å². The topological polar surface area (TPSA) is 105 Å². The lowest BCUT2D eigenvalue weighted by molar-refractivity contribution is -0.139. The van der Waals surface area contributed by atoms with Crippen LogP contribution in [0.25, 0.3) is 0 Å². The third-order valence-electron chi connectivity index (χ3n) is 2.38. The molecule has 0 aliphatic heterocycles. The van der Waals surface area contributed by atoms with Gasteiger partial charge >= 0.3 is 5.97 Å². The van der Waals surface area contributed by atoms with E-state index in [1.54, 1.807) is 13.1 Å². The third-order valence-corrected chi connectivity index (χ3v) is 3.70. The summed E-state index contributed by atoms with van der Waals surface area (Å²) in [5.41, 5.74) is 5.47. The number of nitrogens with one attached hydrogen (secondary N) is 1. The van der Waals surface area contributed by atoms with E-state index in [1.807, 2.05) is 6.92 Å². The van der Waals surface area contributed by atoms with Crippen molar-refractivity contribution in [3.63, 3.8) is 0 Å². The molecule has 4 N–H and O–H groups in total. The zero-order valence-corrected chi connectivity index (χ0v) is 11.2. The van der Waals surface area contributed by atoms with E-state index in [4.69, 9.17) is 10.8 Å². The van der Waals surface area contributed by atoms with Crippen molar-refractivity contribution in [2.75, 3.05) is 0 Å². The minimum absolute atomic E-state index is 0.261. The van der Waals surface area contributed by atoms with Gasteiger partial charge in [0, 0.05) is 11.1 Å². The maximum Gasteiger partial charge on any atom is 0.305 e. The molecule has 1 aromatic heterocycles. The average molecular weight is 271 g/mol. The largest absolute Gasteiger partial charge is 0.481 e. The Bertz CT molecular complexity index is 433. The Morgan fingerprint density at radius 2 is 2.28 bits per heavy atom. The molecule has 1 aromatic rings. The Kier molecular flexibility index (Phi) is 5.24. The fraction of sp³-hybridized carbons (Fsp3) is 0.545. The third kappa shape index (κ3) is 4.08. The number of aryl methyl sites for hydroxylation is 1. The van der Waals surface area contributed by atoms with E-state index in [1.165, 1.54) is 11.3 Å². The molecule has 0 bridgehead atoms. The predicted molar refractivity (Wildman–Crippen MR) is 68.3 cm³/mol. The van der Waals surface area contributed by atoms with Gasteiger partial charge in [0.25, 0.3) is 0 Å². The molecule has 0 saturated heterocycles. The van der Waals surface area contributed by atoms with Crippen molar-refractivity contribution in [2.24, 2.45) is 5.73 Å². The number of aromatic nitrogens is 1. The van der Waals surface area contributed by atoms with Gasteiger partial charge in [0.15, 0.2) is 0 Å². The molecule has 2 unspecified atom stereocenters. The molecule has 1 heterocycles. The number of thiazole rings is 1. The second kappa shape index (κ2) is 6.46. The summed E-state index contributed by atoms with van der Waals surface area (Å²) >= 11 is 1.53. The van der Waals surface area contributed by atoms with Crippen LogP contribution in [0.1, 0.15) is 36.2 Å². The van der Waals surface area contributed by atoms with Gasteiger partial charge in [0.2, 0.25) is 5.91 Å². The Labute approximate surface area is 109 Å². The van der Waals surface area contributed by atoms with Crippen LogP contribution >= 0.6 is 11.3 Å². The molecule has 1 rings (SSSR count). The van der Waals surface area contributed by atoms with Gasteiger partial charge in [-0.25, -0.2) is 4.98 Å². The Morgan fingerprint density at radius 3 is 2.78 bits per heavy atom. The summed E-state index contributed by atoms with van der Waals surface area (Å²) in [5.74, 6) is -1.56. The molecule has 0 aromatic carbocycles. The summed E-state index contributed by atoms with van der Waals surface area (Å²) in [6.45, 7) is 3.83. The summed E-state index contributed by atoms with van der Waals surface area (Å²) in [5, 5.41) is 12.0. The van der Waals surface area contributed by atoms with Crippen LogP contribution in [0.5, 0.6) is 0 Å². The highest BCUT2D eigenvalue weighted by molar-refractivity contribution is 7.11. The Balaban J connectivity index is 2.56. The number of carboxylic acid groups (broad SMARTS) is 1. The van der Waals surface area contributed by atoms with Crippen molar-refractivity contribution in [2.45, 2.75) is 38.8 Å². The highest BCUT2D eigenvalue weighted by Gasteiger charge is 2.20. The van der Waals surface area contributed by atoms with Crippen LogP contribution in [0.4, 0.5) is 0 Å². The molecule has 0 aliphatic rings.